The molecule has 4 heterocycles. The zero-order valence-corrected chi connectivity index (χ0v) is 19.3. The van der Waals surface area contributed by atoms with Gasteiger partial charge in [0.1, 0.15) is 0 Å². The molecule has 0 saturated carbocycles. The number of halogens is 1. The number of ether oxygens (including phenoxy) is 4. The third kappa shape index (κ3) is 3.22. The predicted molar refractivity (Wildman–Crippen MR) is 114 cm³/mol. The fraction of sp³-hybridized carbons (Fsp3) is 0.364. The summed E-state index contributed by atoms with van der Waals surface area (Å²) in [6.45, 7) is -0.147. The van der Waals surface area contributed by atoms with E-state index >= 15 is 0 Å². The molecule has 2 unspecified atom stereocenters. The van der Waals surface area contributed by atoms with Crippen LogP contribution in [0.3, 0.4) is 0 Å². The summed E-state index contributed by atoms with van der Waals surface area (Å²) in [5, 5.41) is 12.8. The Morgan fingerprint density at radius 2 is 1.79 bits per heavy atom. The van der Waals surface area contributed by atoms with Crippen molar-refractivity contribution in [2.45, 2.75) is 43.0 Å². The molecule has 178 valence electrons. The third-order valence-electron chi connectivity index (χ3n) is 6.08. The number of rotatable bonds is 2. The van der Waals surface area contributed by atoms with E-state index in [0.29, 0.717) is 4.88 Å². The van der Waals surface area contributed by atoms with E-state index in [2.05, 4.69) is 0 Å². The minimum atomic E-state index is -2.55. The average Bonchev–Trinajstić information content (AvgIpc) is 3.20. The molecule has 3 aliphatic rings. The molecule has 1 aromatic heterocycles. The molecule has 3 aliphatic heterocycles. The Kier molecular flexibility index (Phi) is 5.21. The Morgan fingerprint density at radius 1 is 1.09 bits per heavy atom. The summed E-state index contributed by atoms with van der Waals surface area (Å²) in [5.41, 5.74) is -4.26. The maximum atomic E-state index is 13.5. The van der Waals surface area contributed by atoms with Gasteiger partial charge in [-0.05, 0) is 23.1 Å². The number of cyclic esters (lactones) is 1. The van der Waals surface area contributed by atoms with Crippen LogP contribution < -0.4 is 0 Å². The topological polar surface area (TPSA) is 129 Å². The van der Waals surface area contributed by atoms with Crippen LogP contribution in [0.5, 0.6) is 0 Å². The number of nitrogens with zero attached hydrogens (tertiary/aromatic N) is 1. The Morgan fingerprint density at radius 3 is 2.50 bits per heavy atom. The van der Waals surface area contributed by atoms with Crippen LogP contribution in [-0.2, 0) is 56.8 Å². The highest BCUT2D eigenvalue weighted by Crippen LogP contribution is 2.49. The van der Waals surface area contributed by atoms with Crippen molar-refractivity contribution >= 4 is 46.8 Å². The number of esters is 4. The van der Waals surface area contributed by atoms with E-state index < -0.39 is 54.0 Å². The molecule has 3 atom stereocenters. The van der Waals surface area contributed by atoms with Crippen molar-refractivity contribution in [1.29, 1.82) is 0 Å². The monoisotopic (exact) mass is 507 g/mol. The number of aliphatic hydroxyl groups is 1. The van der Waals surface area contributed by atoms with Gasteiger partial charge in [-0.25, -0.2) is 9.59 Å². The smallest absolute Gasteiger partial charge is 0.371 e. The summed E-state index contributed by atoms with van der Waals surface area (Å²) < 4.78 is 22.2. The number of hydrogen-bond donors (Lipinski definition) is 1. The summed E-state index contributed by atoms with van der Waals surface area (Å²) in [4.78, 5) is 54.4. The second-order valence-corrected chi connectivity index (χ2v) is 9.59. The van der Waals surface area contributed by atoms with E-state index in [1.807, 2.05) is 0 Å². The van der Waals surface area contributed by atoms with Crippen molar-refractivity contribution < 1.29 is 43.2 Å². The fourth-order valence-electron chi connectivity index (χ4n) is 4.54. The molecule has 12 heteroatoms. The van der Waals surface area contributed by atoms with E-state index in [-0.39, 0.29) is 23.6 Å². The van der Waals surface area contributed by atoms with Crippen LogP contribution in [0.1, 0.15) is 28.8 Å². The minimum Gasteiger partial charge on any atom is -0.465 e. The first kappa shape index (κ1) is 22.8. The number of benzene rings is 1. The standard InChI is InChI=1S/C22H18ClNO9S/c1-30-19(28)22(13-4-2-3-5-14(13)23)24-11-12-6-7-34-15(12)8-21(24)31-16(25)9-20(29,18(27)33-21)10-17(26)32-22/h2-7,29H,8-11H2,1H3/t20?,21?,22-/m0/s1. The van der Waals surface area contributed by atoms with Crippen LogP contribution in [0.25, 0.3) is 0 Å². The highest BCUT2D eigenvalue weighted by molar-refractivity contribution is 7.10. The van der Waals surface area contributed by atoms with E-state index in [4.69, 9.17) is 30.5 Å². The lowest BCUT2D eigenvalue weighted by Gasteiger charge is -2.50. The number of thiophene rings is 1. The fourth-order valence-corrected chi connectivity index (χ4v) is 5.75. The Hall–Kier alpha value is -2.99. The number of carbonyl (C=O) groups excluding carboxylic acids is 4. The van der Waals surface area contributed by atoms with Gasteiger partial charge in [-0.2, -0.15) is 4.90 Å². The lowest BCUT2D eigenvalue weighted by molar-refractivity contribution is -0.339. The van der Waals surface area contributed by atoms with Gasteiger partial charge in [0.2, 0.25) is 0 Å². The van der Waals surface area contributed by atoms with Gasteiger partial charge in [0.05, 0.1) is 26.4 Å². The second kappa shape index (κ2) is 7.77. The van der Waals surface area contributed by atoms with Gasteiger partial charge >= 0.3 is 29.8 Å². The molecule has 1 spiro atoms. The molecular weight excluding hydrogens is 490 g/mol. The van der Waals surface area contributed by atoms with Crippen LogP contribution in [0.2, 0.25) is 5.02 Å². The Bertz CT molecular complexity index is 1230. The van der Waals surface area contributed by atoms with Crippen molar-refractivity contribution in [2.24, 2.45) is 0 Å². The normalized spacial score (nSPS) is 31.0. The summed E-state index contributed by atoms with van der Waals surface area (Å²) in [5.74, 6) is -6.71. The summed E-state index contributed by atoms with van der Waals surface area (Å²) >= 11 is 7.80. The van der Waals surface area contributed by atoms with Gasteiger partial charge in [0, 0.05) is 22.0 Å². The minimum absolute atomic E-state index is 0.00182. The summed E-state index contributed by atoms with van der Waals surface area (Å²) in [7, 11) is 1.09. The Labute approximate surface area is 201 Å². The van der Waals surface area contributed by atoms with E-state index in [9.17, 15) is 24.3 Å². The van der Waals surface area contributed by atoms with Gasteiger partial charge in [-0.15, -0.1) is 11.3 Å². The number of carbonyl (C=O) groups is 4. The van der Waals surface area contributed by atoms with Crippen molar-refractivity contribution in [2.75, 3.05) is 7.11 Å². The quantitative estimate of drug-likeness (QED) is 0.472. The molecule has 5 rings (SSSR count). The largest absolute Gasteiger partial charge is 0.465 e. The first-order valence-corrected chi connectivity index (χ1v) is 11.5. The molecule has 2 aromatic rings. The molecular formula is C22H18ClNO9S. The van der Waals surface area contributed by atoms with Gasteiger partial charge in [-0.3, -0.25) is 9.59 Å². The van der Waals surface area contributed by atoms with Crippen LogP contribution in [0.15, 0.2) is 35.7 Å². The molecule has 2 fully saturated rings. The van der Waals surface area contributed by atoms with Crippen LogP contribution in [0, 0.1) is 0 Å². The lowest BCUT2D eigenvalue weighted by atomic mass is 9.94. The van der Waals surface area contributed by atoms with Gasteiger partial charge in [-0.1, -0.05) is 29.8 Å². The third-order valence-corrected chi connectivity index (χ3v) is 7.38. The summed E-state index contributed by atoms with van der Waals surface area (Å²) in [6, 6.07) is 7.88. The van der Waals surface area contributed by atoms with Crippen LogP contribution in [-0.4, -0.2) is 52.5 Å². The maximum absolute atomic E-state index is 13.5. The molecule has 0 amide bonds. The first-order valence-electron chi connectivity index (χ1n) is 10.2. The molecule has 2 bridgehead atoms. The number of methoxy groups -OCH3 is 1. The van der Waals surface area contributed by atoms with Gasteiger partial charge < -0.3 is 24.1 Å². The highest BCUT2D eigenvalue weighted by atomic mass is 35.5. The van der Waals surface area contributed by atoms with Crippen LogP contribution >= 0.6 is 22.9 Å². The zero-order chi connectivity index (χ0) is 24.3. The van der Waals surface area contributed by atoms with E-state index in [1.165, 1.54) is 23.5 Å². The lowest BCUT2D eigenvalue weighted by Crippen LogP contribution is -2.68. The predicted octanol–water partition coefficient (Wildman–Crippen LogP) is 1.61. The van der Waals surface area contributed by atoms with E-state index in [0.717, 1.165) is 17.6 Å². The summed E-state index contributed by atoms with van der Waals surface area (Å²) in [6.07, 6.45) is -1.98. The van der Waals surface area contributed by atoms with Crippen molar-refractivity contribution in [3.8, 4) is 0 Å². The molecule has 34 heavy (non-hydrogen) atoms. The van der Waals surface area contributed by atoms with Crippen molar-refractivity contribution in [1.82, 2.24) is 4.90 Å². The molecule has 0 aliphatic carbocycles. The zero-order valence-electron chi connectivity index (χ0n) is 17.7. The molecule has 1 N–H and O–H groups in total. The average molecular weight is 508 g/mol. The molecule has 2 saturated heterocycles. The maximum Gasteiger partial charge on any atom is 0.371 e. The van der Waals surface area contributed by atoms with Crippen molar-refractivity contribution in [3.63, 3.8) is 0 Å². The first-order chi connectivity index (χ1) is 16.1. The van der Waals surface area contributed by atoms with Gasteiger partial charge in [0.15, 0.2) is 5.60 Å². The second-order valence-electron chi connectivity index (χ2n) is 8.18. The number of fused-ring (bicyclic) bond motifs is 3. The number of hydrogen-bond acceptors (Lipinski definition) is 11. The van der Waals surface area contributed by atoms with Gasteiger partial charge in [0.25, 0.3) is 5.72 Å². The molecule has 10 nitrogen and oxygen atoms in total. The Balaban J connectivity index is 1.86. The SMILES string of the molecule is COC(=O)[C@]1(c2ccccc2Cl)OC(=O)CC2(O)CC(=O)OC3(Cc4sccc4CN31)OC2=O. The molecule has 0 radical (unpaired) electrons. The molecule has 1 aromatic carbocycles. The highest BCUT2D eigenvalue weighted by Gasteiger charge is 2.68. The van der Waals surface area contributed by atoms with Crippen molar-refractivity contribution in [3.05, 3.63) is 56.7 Å². The van der Waals surface area contributed by atoms with E-state index in [1.54, 1.807) is 23.6 Å². The van der Waals surface area contributed by atoms with Crippen LogP contribution in [0.4, 0.5) is 0 Å².